The van der Waals surface area contributed by atoms with Gasteiger partial charge in [-0.15, -0.1) is 10.2 Å². The Balaban J connectivity index is 0.00000216. The molecule has 9 heteroatoms. The van der Waals surface area contributed by atoms with Crippen LogP contribution in [0.2, 0.25) is 0 Å². The van der Waals surface area contributed by atoms with Gasteiger partial charge < -0.3 is 14.8 Å². The van der Waals surface area contributed by atoms with Crippen molar-refractivity contribution in [3.05, 3.63) is 66.0 Å². The van der Waals surface area contributed by atoms with Gasteiger partial charge in [-0.3, -0.25) is 9.19 Å². The molecule has 0 fully saturated rings. The SMILES string of the molecule is Cc1ncc(-c2ccc(S(=O)C(C)C)cc2)nc1-c1nnc(-c2cccc(CN(C)C)c2)o1.O.[HH]. The van der Waals surface area contributed by atoms with Crippen molar-refractivity contribution in [3.8, 4) is 34.3 Å². The van der Waals surface area contributed by atoms with Crippen LogP contribution in [-0.4, -0.2) is 54.1 Å². The fourth-order valence-electron chi connectivity index (χ4n) is 3.43. The van der Waals surface area contributed by atoms with E-state index in [2.05, 4.69) is 32.2 Å². The summed E-state index contributed by atoms with van der Waals surface area (Å²) in [6, 6.07) is 15.6. The molecular formula is C25H31N5O3S. The smallest absolute Gasteiger partial charge is 0.268 e. The predicted octanol–water partition coefficient (Wildman–Crippen LogP) is 4.17. The summed E-state index contributed by atoms with van der Waals surface area (Å²) in [5.41, 5.74) is 4.84. The van der Waals surface area contributed by atoms with Gasteiger partial charge >= 0.3 is 0 Å². The number of nitrogens with zero attached hydrogens (tertiary/aromatic N) is 5. The summed E-state index contributed by atoms with van der Waals surface area (Å²) < 4.78 is 18.3. The Labute approximate surface area is 203 Å². The predicted molar refractivity (Wildman–Crippen MR) is 136 cm³/mol. The quantitative estimate of drug-likeness (QED) is 0.389. The maximum atomic E-state index is 12.3. The molecule has 34 heavy (non-hydrogen) atoms. The molecule has 0 aliphatic heterocycles. The molecule has 8 nitrogen and oxygen atoms in total. The second-order valence-corrected chi connectivity index (χ2v) is 10.4. The first-order valence-corrected chi connectivity index (χ1v) is 12.0. The van der Waals surface area contributed by atoms with E-state index in [1.165, 1.54) is 0 Å². The van der Waals surface area contributed by atoms with E-state index in [4.69, 9.17) is 9.40 Å². The van der Waals surface area contributed by atoms with Crippen molar-refractivity contribution in [2.24, 2.45) is 0 Å². The molecular weight excluding hydrogens is 450 g/mol. The second kappa shape index (κ2) is 10.8. The van der Waals surface area contributed by atoms with E-state index in [1.807, 2.05) is 71.3 Å². The van der Waals surface area contributed by atoms with E-state index >= 15 is 0 Å². The maximum Gasteiger partial charge on any atom is 0.268 e. The topological polar surface area (TPSA) is 117 Å². The minimum Gasteiger partial charge on any atom is -0.415 e. The Morgan fingerprint density at radius 3 is 2.41 bits per heavy atom. The van der Waals surface area contributed by atoms with Crippen molar-refractivity contribution >= 4 is 10.8 Å². The molecule has 1 unspecified atom stereocenters. The number of aromatic nitrogens is 4. The molecule has 0 aliphatic carbocycles. The van der Waals surface area contributed by atoms with Gasteiger partial charge in [0.05, 0.1) is 28.4 Å². The number of aryl methyl sites for hydroxylation is 1. The summed E-state index contributed by atoms with van der Waals surface area (Å²) in [4.78, 5) is 12.1. The first-order valence-electron chi connectivity index (χ1n) is 10.7. The normalized spacial score (nSPS) is 12.1. The summed E-state index contributed by atoms with van der Waals surface area (Å²) >= 11 is 0. The van der Waals surface area contributed by atoms with Gasteiger partial charge in [-0.25, -0.2) is 4.98 Å². The molecule has 2 heterocycles. The van der Waals surface area contributed by atoms with Gasteiger partial charge in [0.25, 0.3) is 5.89 Å². The van der Waals surface area contributed by atoms with Crippen LogP contribution in [0.25, 0.3) is 34.3 Å². The van der Waals surface area contributed by atoms with Crippen LogP contribution in [-0.2, 0) is 17.3 Å². The Bertz CT molecular complexity index is 1290. The van der Waals surface area contributed by atoms with Crippen LogP contribution in [0.5, 0.6) is 0 Å². The summed E-state index contributed by atoms with van der Waals surface area (Å²) in [5.74, 6) is 0.769. The molecule has 1 atom stereocenters. The van der Waals surface area contributed by atoms with Crippen LogP contribution < -0.4 is 0 Å². The van der Waals surface area contributed by atoms with Gasteiger partial charge in [0.1, 0.15) is 5.69 Å². The highest BCUT2D eigenvalue weighted by molar-refractivity contribution is 7.85. The zero-order chi connectivity index (χ0) is 23.5. The van der Waals surface area contributed by atoms with Gasteiger partial charge in [0.15, 0.2) is 0 Å². The lowest BCUT2D eigenvalue weighted by molar-refractivity contribution is 0.402. The third-order valence-electron chi connectivity index (χ3n) is 5.07. The zero-order valence-corrected chi connectivity index (χ0v) is 20.8. The molecule has 4 aromatic rings. The van der Waals surface area contributed by atoms with Crippen LogP contribution in [0, 0.1) is 6.92 Å². The van der Waals surface area contributed by atoms with Crippen LogP contribution >= 0.6 is 0 Å². The van der Waals surface area contributed by atoms with Crippen molar-refractivity contribution in [3.63, 3.8) is 0 Å². The van der Waals surface area contributed by atoms with Gasteiger partial charge in [-0.05, 0) is 50.8 Å². The molecule has 0 spiro atoms. The fraction of sp³-hybridized carbons (Fsp3) is 0.280. The lowest BCUT2D eigenvalue weighted by atomic mass is 10.1. The largest absolute Gasteiger partial charge is 0.415 e. The van der Waals surface area contributed by atoms with Gasteiger partial charge in [0.2, 0.25) is 5.89 Å². The Morgan fingerprint density at radius 1 is 1.03 bits per heavy atom. The minimum atomic E-state index is -1.03. The van der Waals surface area contributed by atoms with Crippen molar-refractivity contribution in [2.45, 2.75) is 37.5 Å². The number of rotatable bonds is 7. The van der Waals surface area contributed by atoms with E-state index in [1.54, 1.807) is 6.20 Å². The Hall–Kier alpha value is -3.27. The highest BCUT2D eigenvalue weighted by Gasteiger charge is 2.17. The minimum absolute atomic E-state index is 0. The summed E-state index contributed by atoms with van der Waals surface area (Å²) in [7, 11) is 3.03. The monoisotopic (exact) mass is 481 g/mol. The van der Waals surface area contributed by atoms with Crippen LogP contribution in [0.4, 0.5) is 0 Å². The Morgan fingerprint density at radius 2 is 1.74 bits per heavy atom. The van der Waals surface area contributed by atoms with Gasteiger partial charge in [0, 0.05) is 29.2 Å². The lowest BCUT2D eigenvalue weighted by Gasteiger charge is -2.09. The highest BCUT2D eigenvalue weighted by Crippen LogP contribution is 2.27. The number of benzene rings is 2. The maximum absolute atomic E-state index is 12.3. The number of hydrogen-bond acceptors (Lipinski definition) is 7. The van der Waals surface area contributed by atoms with Gasteiger partial charge in [-0.1, -0.05) is 38.1 Å². The molecule has 0 radical (unpaired) electrons. The summed E-state index contributed by atoms with van der Waals surface area (Å²) in [5, 5.41) is 8.54. The van der Waals surface area contributed by atoms with E-state index in [-0.39, 0.29) is 12.2 Å². The average molecular weight is 482 g/mol. The number of hydrogen-bond donors (Lipinski definition) is 0. The van der Waals surface area contributed by atoms with Crippen molar-refractivity contribution < 1.29 is 15.5 Å². The highest BCUT2D eigenvalue weighted by atomic mass is 32.2. The lowest BCUT2D eigenvalue weighted by Crippen LogP contribution is -2.10. The van der Waals surface area contributed by atoms with Crippen LogP contribution in [0.3, 0.4) is 0 Å². The fourth-order valence-corrected chi connectivity index (χ4v) is 4.38. The van der Waals surface area contributed by atoms with Crippen molar-refractivity contribution in [1.29, 1.82) is 0 Å². The summed E-state index contributed by atoms with van der Waals surface area (Å²) in [6.45, 7) is 6.57. The third-order valence-corrected chi connectivity index (χ3v) is 6.66. The molecule has 2 aromatic carbocycles. The van der Waals surface area contributed by atoms with Gasteiger partial charge in [-0.2, -0.15) is 0 Å². The molecule has 180 valence electrons. The molecule has 0 amide bonds. The third kappa shape index (κ3) is 5.61. The van der Waals surface area contributed by atoms with E-state index < -0.39 is 10.8 Å². The Kier molecular flexibility index (Phi) is 8.03. The van der Waals surface area contributed by atoms with E-state index in [0.29, 0.717) is 28.9 Å². The molecule has 0 aliphatic rings. The molecule has 2 aromatic heterocycles. The molecule has 0 saturated heterocycles. The van der Waals surface area contributed by atoms with E-state index in [9.17, 15) is 4.21 Å². The molecule has 2 N–H and O–H groups in total. The zero-order valence-electron chi connectivity index (χ0n) is 19.9. The molecule has 4 rings (SSSR count). The standard InChI is InChI=1S/C25H27N5O2S.H2O.H2/c1-16(2)33(31)21-11-9-19(10-12-21)22-14-26-17(3)23(27-22)25-29-28-24(32-25)20-8-6-7-18(13-20)15-30(4)5;;/h6-14,16H,15H2,1-5H3;1H2;1H. The molecule has 0 saturated carbocycles. The second-order valence-electron chi connectivity index (χ2n) is 8.41. The average Bonchev–Trinajstić information content (AvgIpc) is 3.29. The van der Waals surface area contributed by atoms with Crippen LogP contribution in [0.15, 0.2) is 64.0 Å². The van der Waals surface area contributed by atoms with Crippen molar-refractivity contribution in [2.75, 3.05) is 14.1 Å². The van der Waals surface area contributed by atoms with E-state index in [0.717, 1.165) is 28.1 Å². The van der Waals surface area contributed by atoms with Crippen LogP contribution in [0.1, 0.15) is 26.5 Å². The summed E-state index contributed by atoms with van der Waals surface area (Å²) in [6.07, 6.45) is 1.72. The van der Waals surface area contributed by atoms with Crippen molar-refractivity contribution in [1.82, 2.24) is 25.1 Å². The first kappa shape index (κ1) is 25.4. The first-order chi connectivity index (χ1) is 15.8. The molecule has 0 bridgehead atoms.